The van der Waals surface area contributed by atoms with Crippen molar-refractivity contribution in [3.8, 4) is 44.6 Å². The zero-order chi connectivity index (χ0) is 38.1. The summed E-state index contributed by atoms with van der Waals surface area (Å²) in [4.78, 5) is 2.45. The van der Waals surface area contributed by atoms with E-state index < -0.39 is 0 Å². The smallest absolute Gasteiger partial charge is 0.0626 e. The summed E-state index contributed by atoms with van der Waals surface area (Å²) in [6.45, 7) is 4.73. The van der Waals surface area contributed by atoms with Crippen LogP contribution >= 0.6 is 0 Å². The zero-order valence-electron chi connectivity index (χ0n) is 32.3. The molecule has 7 aromatic carbocycles. The number of allylic oxidation sites excluding steroid dienone is 3. The molecule has 0 amide bonds. The van der Waals surface area contributed by atoms with Gasteiger partial charge in [-0.25, -0.2) is 0 Å². The van der Waals surface area contributed by atoms with Gasteiger partial charge in [0.1, 0.15) is 0 Å². The lowest BCUT2D eigenvalue weighted by Gasteiger charge is -2.30. The van der Waals surface area contributed by atoms with Crippen LogP contribution in [0.5, 0.6) is 0 Å². The molecule has 2 heteroatoms. The Bertz CT molecular complexity index is 2950. The van der Waals surface area contributed by atoms with Crippen molar-refractivity contribution in [3.05, 3.63) is 211 Å². The quantitative estimate of drug-likeness (QED) is 0.155. The second kappa shape index (κ2) is 13.1. The van der Waals surface area contributed by atoms with Crippen LogP contribution in [0.25, 0.3) is 71.8 Å². The highest BCUT2D eigenvalue weighted by molar-refractivity contribution is 6.20. The number of aromatic nitrogens is 1. The first-order valence-electron chi connectivity index (χ1n) is 20.2. The highest BCUT2D eigenvalue weighted by atomic mass is 15.1. The number of rotatable bonds is 6. The molecule has 0 unspecified atom stereocenters. The van der Waals surface area contributed by atoms with Gasteiger partial charge in [-0.1, -0.05) is 172 Å². The summed E-state index contributed by atoms with van der Waals surface area (Å²) in [6.07, 6.45) is 9.09. The van der Waals surface area contributed by atoms with Crippen LogP contribution in [0, 0.1) is 0 Å². The molecule has 0 atom stereocenters. The number of hydrogen-bond acceptors (Lipinski definition) is 1. The first-order valence-corrected chi connectivity index (χ1v) is 20.2. The van der Waals surface area contributed by atoms with Gasteiger partial charge in [0, 0.05) is 44.4 Å². The molecule has 0 spiro atoms. The van der Waals surface area contributed by atoms with Crippen molar-refractivity contribution in [2.45, 2.75) is 32.1 Å². The van der Waals surface area contributed by atoms with Gasteiger partial charge in [-0.05, 0) is 93.6 Å². The SMILES string of the molecule is CC1(C)c2ccccc2-c2ccc(N(C3=CCCC=C3)c3ccc(-c4c(-c5ccccc5)c5c6ccccc6c6ccccc6n5c4-c4ccccc4)cc3)cc21. The normalized spacial score (nSPS) is 14.2. The zero-order valence-corrected chi connectivity index (χ0v) is 32.3. The maximum atomic E-state index is 2.53. The summed E-state index contributed by atoms with van der Waals surface area (Å²) in [5, 5.41) is 3.76. The third kappa shape index (κ3) is 5.17. The molecule has 2 nitrogen and oxygen atoms in total. The van der Waals surface area contributed by atoms with Crippen LogP contribution in [0.4, 0.5) is 11.4 Å². The van der Waals surface area contributed by atoms with E-state index in [9.17, 15) is 0 Å². The first kappa shape index (κ1) is 33.4. The van der Waals surface area contributed by atoms with Crippen LogP contribution in [0.1, 0.15) is 37.8 Å². The third-order valence-electron chi connectivity index (χ3n) is 12.4. The molecular formula is C55H42N2. The minimum atomic E-state index is -0.0816. The number of hydrogen-bond donors (Lipinski definition) is 0. The van der Waals surface area contributed by atoms with Gasteiger partial charge in [-0.3, -0.25) is 0 Å². The topological polar surface area (TPSA) is 7.65 Å². The van der Waals surface area contributed by atoms with Crippen molar-refractivity contribution >= 4 is 38.6 Å². The van der Waals surface area contributed by atoms with E-state index in [0.29, 0.717) is 0 Å². The van der Waals surface area contributed by atoms with Gasteiger partial charge in [-0.15, -0.1) is 0 Å². The van der Waals surface area contributed by atoms with Crippen LogP contribution in [-0.2, 0) is 5.41 Å². The molecule has 2 aliphatic carbocycles. The fraction of sp³-hybridized carbons (Fsp3) is 0.0909. The summed E-state index contributed by atoms with van der Waals surface area (Å²) in [6, 6.07) is 65.1. The predicted molar refractivity (Wildman–Crippen MR) is 241 cm³/mol. The summed E-state index contributed by atoms with van der Waals surface area (Å²) in [5.41, 5.74) is 18.6. The highest BCUT2D eigenvalue weighted by Gasteiger charge is 2.36. The third-order valence-corrected chi connectivity index (χ3v) is 12.4. The molecule has 0 radical (unpaired) electrons. The summed E-state index contributed by atoms with van der Waals surface area (Å²) >= 11 is 0. The molecule has 0 fully saturated rings. The molecular weight excluding hydrogens is 689 g/mol. The Morgan fingerprint density at radius 1 is 0.491 bits per heavy atom. The molecule has 2 aromatic heterocycles. The second-order valence-electron chi connectivity index (χ2n) is 16.0. The number of nitrogens with zero attached hydrogens (tertiary/aromatic N) is 2. The van der Waals surface area contributed by atoms with E-state index in [1.54, 1.807) is 0 Å². The predicted octanol–water partition coefficient (Wildman–Crippen LogP) is 14.9. The minimum absolute atomic E-state index is 0.0816. The standard InChI is InChI=1S/C55H42N2/c1-55(2)48-28-16-14-25-44(48)45-35-34-42(36-49(45)55)56(40-22-10-5-11-23-40)41-32-30-38(31-33-41)51-52(37-18-6-3-7-19-37)54-47-27-13-12-24-43(47)46-26-15-17-29-50(46)57(54)53(51)39-20-8-4-9-21-39/h3-4,6-10,12-36H,5,11H2,1-2H3. The number of benzene rings is 7. The summed E-state index contributed by atoms with van der Waals surface area (Å²) in [5.74, 6) is 0. The Kier molecular flexibility index (Phi) is 7.69. The Hall–Kier alpha value is -6.90. The molecule has 2 heterocycles. The second-order valence-corrected chi connectivity index (χ2v) is 16.0. The molecule has 0 saturated heterocycles. The van der Waals surface area contributed by atoms with Crippen molar-refractivity contribution in [2.24, 2.45) is 0 Å². The lowest BCUT2D eigenvalue weighted by Crippen LogP contribution is -2.19. The van der Waals surface area contributed by atoms with Crippen molar-refractivity contribution in [2.75, 3.05) is 4.90 Å². The average molecular weight is 731 g/mol. The van der Waals surface area contributed by atoms with Crippen LogP contribution < -0.4 is 4.90 Å². The monoisotopic (exact) mass is 730 g/mol. The Labute approximate surface area is 334 Å². The van der Waals surface area contributed by atoms with E-state index in [4.69, 9.17) is 0 Å². The van der Waals surface area contributed by atoms with Gasteiger partial charge in [0.25, 0.3) is 0 Å². The Balaban J connectivity index is 1.16. The largest absolute Gasteiger partial charge is 0.311 e. The van der Waals surface area contributed by atoms with Gasteiger partial charge < -0.3 is 9.30 Å². The molecule has 272 valence electrons. The molecule has 0 saturated carbocycles. The fourth-order valence-corrected chi connectivity index (χ4v) is 9.75. The number of pyridine rings is 1. The number of fused-ring (bicyclic) bond motifs is 9. The van der Waals surface area contributed by atoms with E-state index in [0.717, 1.165) is 18.5 Å². The van der Waals surface area contributed by atoms with Gasteiger partial charge in [0.15, 0.2) is 0 Å². The first-order chi connectivity index (χ1) is 28.1. The highest BCUT2D eigenvalue weighted by Crippen LogP contribution is 2.52. The van der Waals surface area contributed by atoms with Gasteiger partial charge >= 0.3 is 0 Å². The summed E-state index contributed by atoms with van der Waals surface area (Å²) in [7, 11) is 0. The van der Waals surface area contributed by atoms with E-state index >= 15 is 0 Å². The number of para-hydroxylation sites is 1. The summed E-state index contributed by atoms with van der Waals surface area (Å²) < 4.78 is 2.53. The lowest BCUT2D eigenvalue weighted by atomic mass is 9.82. The average Bonchev–Trinajstić information content (AvgIpc) is 3.75. The van der Waals surface area contributed by atoms with E-state index in [2.05, 4.69) is 217 Å². The molecule has 0 aliphatic heterocycles. The molecule has 2 aliphatic rings. The van der Waals surface area contributed by atoms with Gasteiger partial charge in [0.05, 0.1) is 16.7 Å². The van der Waals surface area contributed by atoms with Crippen LogP contribution in [0.3, 0.4) is 0 Å². The molecule has 0 bridgehead atoms. The van der Waals surface area contributed by atoms with E-state index in [1.807, 2.05) is 0 Å². The van der Waals surface area contributed by atoms with E-state index in [1.165, 1.54) is 94.3 Å². The molecule has 57 heavy (non-hydrogen) atoms. The Morgan fingerprint density at radius 3 is 1.86 bits per heavy atom. The minimum Gasteiger partial charge on any atom is -0.311 e. The lowest BCUT2D eigenvalue weighted by molar-refractivity contribution is 0.660. The van der Waals surface area contributed by atoms with Gasteiger partial charge in [0.2, 0.25) is 0 Å². The van der Waals surface area contributed by atoms with Crippen molar-refractivity contribution in [1.82, 2.24) is 4.40 Å². The van der Waals surface area contributed by atoms with Crippen LogP contribution in [-0.4, -0.2) is 4.40 Å². The van der Waals surface area contributed by atoms with Crippen LogP contribution in [0.2, 0.25) is 0 Å². The number of anilines is 2. The molecule has 0 N–H and O–H groups in total. The molecule has 9 aromatic rings. The van der Waals surface area contributed by atoms with E-state index in [-0.39, 0.29) is 5.41 Å². The maximum absolute atomic E-state index is 2.53. The van der Waals surface area contributed by atoms with Crippen molar-refractivity contribution < 1.29 is 0 Å². The molecule has 11 rings (SSSR count). The fourth-order valence-electron chi connectivity index (χ4n) is 9.75. The van der Waals surface area contributed by atoms with Gasteiger partial charge in [-0.2, -0.15) is 0 Å². The Morgan fingerprint density at radius 2 is 1.11 bits per heavy atom. The maximum Gasteiger partial charge on any atom is 0.0626 e. The van der Waals surface area contributed by atoms with Crippen molar-refractivity contribution in [3.63, 3.8) is 0 Å². The van der Waals surface area contributed by atoms with Crippen LogP contribution in [0.15, 0.2) is 200 Å². The van der Waals surface area contributed by atoms with Crippen molar-refractivity contribution in [1.29, 1.82) is 0 Å².